The molecule has 1 atom stereocenters. The van der Waals surface area contributed by atoms with E-state index in [1.54, 1.807) is 12.1 Å². The van der Waals surface area contributed by atoms with Gasteiger partial charge < -0.3 is 15.4 Å². The molecule has 2 N–H and O–H groups in total. The van der Waals surface area contributed by atoms with E-state index < -0.39 is 18.0 Å². The number of hydrogen-bond donors (Lipinski definition) is 2. The summed E-state index contributed by atoms with van der Waals surface area (Å²) in [5.74, 6) is -1.24. The summed E-state index contributed by atoms with van der Waals surface area (Å²) in [6.07, 6.45) is 2.74. The Kier molecular flexibility index (Phi) is 6.51. The fourth-order valence-corrected chi connectivity index (χ4v) is 4.67. The largest absolute Gasteiger partial charge is 0.449 e. The van der Waals surface area contributed by atoms with E-state index in [4.69, 9.17) is 4.74 Å². The van der Waals surface area contributed by atoms with E-state index in [0.29, 0.717) is 16.3 Å². The first-order chi connectivity index (χ1) is 13.3. The van der Waals surface area contributed by atoms with Crippen molar-refractivity contribution in [2.75, 3.05) is 10.6 Å². The Morgan fingerprint density at radius 2 is 1.79 bits per heavy atom. The average molecular weight is 465 g/mol. The highest BCUT2D eigenvalue weighted by Gasteiger charge is 2.29. The van der Waals surface area contributed by atoms with Gasteiger partial charge in [-0.3, -0.25) is 9.59 Å². The third-order valence-corrected chi connectivity index (χ3v) is 6.17. The molecule has 8 heteroatoms. The third kappa shape index (κ3) is 4.80. The number of aryl methyl sites for hydroxylation is 1. The highest BCUT2D eigenvalue weighted by Crippen LogP contribution is 2.38. The number of thiophene rings is 1. The van der Waals surface area contributed by atoms with E-state index in [1.165, 1.54) is 25.2 Å². The van der Waals surface area contributed by atoms with E-state index in [9.17, 15) is 14.4 Å². The van der Waals surface area contributed by atoms with Gasteiger partial charge >= 0.3 is 5.97 Å². The molecule has 3 rings (SSSR count). The predicted octanol–water partition coefficient (Wildman–Crippen LogP) is 4.53. The van der Waals surface area contributed by atoms with Crippen molar-refractivity contribution in [3.63, 3.8) is 0 Å². The highest BCUT2D eigenvalue weighted by atomic mass is 79.9. The minimum Gasteiger partial charge on any atom is -0.449 e. The first-order valence-electron chi connectivity index (χ1n) is 9.04. The summed E-state index contributed by atoms with van der Waals surface area (Å²) in [7, 11) is 0. The number of ether oxygens (including phenoxy) is 1. The van der Waals surface area contributed by atoms with Crippen LogP contribution in [0.5, 0.6) is 0 Å². The van der Waals surface area contributed by atoms with Crippen LogP contribution in [-0.2, 0) is 27.2 Å². The van der Waals surface area contributed by atoms with Crippen LogP contribution >= 0.6 is 27.3 Å². The Morgan fingerprint density at radius 3 is 2.46 bits per heavy atom. The van der Waals surface area contributed by atoms with Crippen LogP contribution in [0.2, 0.25) is 0 Å². The van der Waals surface area contributed by atoms with Gasteiger partial charge in [-0.2, -0.15) is 0 Å². The summed E-state index contributed by atoms with van der Waals surface area (Å²) in [5, 5.41) is 5.96. The number of hydrogen-bond acceptors (Lipinski definition) is 5. The van der Waals surface area contributed by atoms with E-state index in [0.717, 1.165) is 40.6 Å². The van der Waals surface area contributed by atoms with Crippen molar-refractivity contribution >= 4 is 55.7 Å². The smallest absolute Gasteiger partial charge is 0.342 e. The molecular formula is C20H21BrN2O4S. The van der Waals surface area contributed by atoms with E-state index in [1.807, 2.05) is 12.1 Å². The molecule has 0 fully saturated rings. The van der Waals surface area contributed by atoms with Crippen LogP contribution in [0, 0.1) is 0 Å². The number of benzene rings is 1. The second kappa shape index (κ2) is 8.87. The molecule has 0 radical (unpaired) electrons. The van der Waals surface area contributed by atoms with Gasteiger partial charge in [-0.1, -0.05) is 15.9 Å². The number of esters is 1. The fourth-order valence-electron chi connectivity index (χ4n) is 3.08. The van der Waals surface area contributed by atoms with Gasteiger partial charge in [0.1, 0.15) is 5.00 Å². The second-order valence-corrected chi connectivity index (χ2v) is 8.66. The standard InChI is InChI=1S/C20H21BrN2O4S/c1-11(18(25)23-14-9-7-13(21)8-10-14)27-20(26)17-15-5-3-4-6-16(15)28-19(17)22-12(2)24/h7-11H,3-6H2,1-2H3,(H,22,24)(H,23,25). The Labute approximate surface area is 175 Å². The molecule has 6 nitrogen and oxygen atoms in total. The summed E-state index contributed by atoms with van der Waals surface area (Å²) in [5.41, 5.74) is 1.94. The van der Waals surface area contributed by atoms with Crippen LogP contribution in [0.3, 0.4) is 0 Å². The van der Waals surface area contributed by atoms with Crippen LogP contribution < -0.4 is 10.6 Å². The van der Waals surface area contributed by atoms with Crippen LogP contribution in [0.4, 0.5) is 10.7 Å². The maximum absolute atomic E-state index is 12.8. The number of nitrogens with one attached hydrogen (secondary N) is 2. The zero-order valence-corrected chi connectivity index (χ0v) is 18.0. The van der Waals surface area contributed by atoms with Crippen LogP contribution in [-0.4, -0.2) is 23.9 Å². The van der Waals surface area contributed by atoms with Gasteiger partial charge in [0.2, 0.25) is 5.91 Å². The number of halogens is 1. The number of fused-ring (bicyclic) bond motifs is 1. The number of carbonyl (C=O) groups is 3. The van der Waals surface area contributed by atoms with Crippen molar-refractivity contribution in [2.24, 2.45) is 0 Å². The molecule has 0 spiro atoms. The predicted molar refractivity (Wildman–Crippen MR) is 113 cm³/mol. The lowest BCUT2D eigenvalue weighted by atomic mass is 9.95. The minimum absolute atomic E-state index is 0.242. The van der Waals surface area contributed by atoms with Crippen molar-refractivity contribution in [3.05, 3.63) is 44.7 Å². The van der Waals surface area contributed by atoms with Crippen LogP contribution in [0.15, 0.2) is 28.7 Å². The maximum Gasteiger partial charge on any atom is 0.342 e. The quantitative estimate of drug-likeness (QED) is 0.636. The fraction of sp³-hybridized carbons (Fsp3) is 0.350. The van der Waals surface area contributed by atoms with Gasteiger partial charge in [-0.15, -0.1) is 11.3 Å². The topological polar surface area (TPSA) is 84.5 Å². The van der Waals surface area contributed by atoms with Crippen molar-refractivity contribution in [1.82, 2.24) is 0 Å². The Hall–Kier alpha value is -2.19. The molecule has 2 amide bonds. The van der Waals surface area contributed by atoms with Crippen molar-refractivity contribution < 1.29 is 19.1 Å². The molecule has 1 unspecified atom stereocenters. The van der Waals surface area contributed by atoms with Crippen molar-refractivity contribution in [1.29, 1.82) is 0 Å². The van der Waals surface area contributed by atoms with Crippen LogP contribution in [0.25, 0.3) is 0 Å². The summed E-state index contributed by atoms with van der Waals surface area (Å²) in [6.45, 7) is 2.94. The number of anilines is 2. The zero-order chi connectivity index (χ0) is 20.3. The van der Waals surface area contributed by atoms with E-state index in [2.05, 4.69) is 26.6 Å². The number of carbonyl (C=O) groups excluding carboxylic acids is 3. The molecule has 1 aliphatic rings. The maximum atomic E-state index is 12.8. The SMILES string of the molecule is CC(=O)Nc1sc2c(c1C(=O)OC(C)C(=O)Nc1ccc(Br)cc1)CCCC2. The van der Waals surface area contributed by atoms with Crippen LogP contribution in [0.1, 0.15) is 47.5 Å². The summed E-state index contributed by atoms with van der Waals surface area (Å²) in [6, 6.07) is 7.12. The monoisotopic (exact) mass is 464 g/mol. The molecule has 0 saturated heterocycles. The lowest BCUT2D eigenvalue weighted by molar-refractivity contribution is -0.123. The number of rotatable bonds is 5. The van der Waals surface area contributed by atoms with E-state index in [-0.39, 0.29) is 5.91 Å². The van der Waals surface area contributed by atoms with Gasteiger partial charge in [0.05, 0.1) is 5.56 Å². The average Bonchev–Trinajstić information content (AvgIpc) is 3.00. The van der Waals surface area contributed by atoms with Gasteiger partial charge in [0.25, 0.3) is 5.91 Å². The second-order valence-electron chi connectivity index (χ2n) is 6.64. The van der Waals surface area contributed by atoms with Crippen molar-refractivity contribution in [2.45, 2.75) is 45.6 Å². The Balaban J connectivity index is 1.74. The molecule has 0 saturated carbocycles. The lowest BCUT2D eigenvalue weighted by Gasteiger charge is -2.16. The lowest BCUT2D eigenvalue weighted by Crippen LogP contribution is -2.30. The molecule has 1 aliphatic carbocycles. The summed E-state index contributed by atoms with van der Waals surface area (Å²) >= 11 is 4.76. The van der Waals surface area contributed by atoms with Crippen molar-refractivity contribution in [3.8, 4) is 0 Å². The summed E-state index contributed by atoms with van der Waals surface area (Å²) < 4.78 is 6.34. The third-order valence-electron chi connectivity index (χ3n) is 4.43. The normalized spacial score (nSPS) is 14.0. The molecule has 0 bridgehead atoms. The first kappa shape index (κ1) is 20.5. The highest BCUT2D eigenvalue weighted by molar-refractivity contribution is 9.10. The van der Waals surface area contributed by atoms with Gasteiger partial charge in [0.15, 0.2) is 6.10 Å². The Bertz CT molecular complexity index is 908. The Morgan fingerprint density at radius 1 is 1.11 bits per heavy atom. The van der Waals surface area contributed by atoms with E-state index >= 15 is 0 Å². The van der Waals surface area contributed by atoms with Gasteiger partial charge in [-0.25, -0.2) is 4.79 Å². The molecule has 0 aliphatic heterocycles. The molecule has 1 aromatic carbocycles. The molecule has 2 aromatic rings. The molecular weight excluding hydrogens is 444 g/mol. The van der Waals surface area contributed by atoms with Gasteiger partial charge in [0, 0.05) is 22.0 Å². The minimum atomic E-state index is -0.972. The first-order valence-corrected chi connectivity index (χ1v) is 10.7. The molecule has 148 valence electrons. The molecule has 28 heavy (non-hydrogen) atoms. The number of amides is 2. The summed E-state index contributed by atoms with van der Waals surface area (Å²) in [4.78, 5) is 37.9. The van der Waals surface area contributed by atoms with Gasteiger partial charge in [-0.05, 0) is 62.4 Å². The zero-order valence-electron chi connectivity index (χ0n) is 15.6. The molecule has 1 aromatic heterocycles. The molecule has 1 heterocycles.